The van der Waals surface area contributed by atoms with Crippen molar-refractivity contribution in [3.05, 3.63) is 30.0 Å². The summed E-state index contributed by atoms with van der Waals surface area (Å²) in [5.74, 6) is -1.86. The standard InChI is InChI=1S/C9H5F3N2O/c10-9(11,12)8(15)6-3-1-2-5-4-13-14-7(5)6/h1-4H,(H,13,14). The second-order valence-corrected chi connectivity index (χ2v) is 2.97. The molecule has 1 aromatic heterocycles. The topological polar surface area (TPSA) is 45.8 Å². The van der Waals surface area contributed by atoms with Gasteiger partial charge in [0.1, 0.15) is 0 Å². The van der Waals surface area contributed by atoms with Gasteiger partial charge in [0.15, 0.2) is 0 Å². The molecular weight excluding hydrogens is 209 g/mol. The number of nitrogens with zero attached hydrogens (tertiary/aromatic N) is 1. The minimum atomic E-state index is -4.86. The molecule has 0 saturated carbocycles. The number of carbonyl (C=O) groups is 1. The van der Waals surface area contributed by atoms with Gasteiger partial charge in [-0.25, -0.2) is 0 Å². The van der Waals surface area contributed by atoms with Crippen molar-refractivity contribution in [2.24, 2.45) is 0 Å². The summed E-state index contributed by atoms with van der Waals surface area (Å²) in [6.45, 7) is 0. The molecule has 78 valence electrons. The highest BCUT2D eigenvalue weighted by molar-refractivity contribution is 6.09. The van der Waals surface area contributed by atoms with Crippen LogP contribution in [0.4, 0.5) is 13.2 Å². The number of alkyl halides is 3. The number of fused-ring (bicyclic) bond motifs is 1. The smallest absolute Gasteiger partial charge is 0.284 e. The van der Waals surface area contributed by atoms with Gasteiger partial charge in [0, 0.05) is 5.39 Å². The third-order valence-electron chi connectivity index (χ3n) is 1.98. The molecule has 0 atom stereocenters. The monoisotopic (exact) mass is 214 g/mol. The number of ketones is 1. The quantitative estimate of drug-likeness (QED) is 0.740. The molecule has 0 spiro atoms. The maximum Gasteiger partial charge on any atom is 0.454 e. The van der Waals surface area contributed by atoms with E-state index in [2.05, 4.69) is 10.2 Å². The maximum atomic E-state index is 12.2. The average Bonchev–Trinajstić information content (AvgIpc) is 2.62. The first-order chi connectivity index (χ1) is 7.00. The second-order valence-electron chi connectivity index (χ2n) is 2.97. The number of aromatic nitrogens is 2. The number of Topliss-reactive ketones (excluding diaryl/α,β-unsaturated/α-hetero) is 1. The van der Waals surface area contributed by atoms with Gasteiger partial charge in [-0.05, 0) is 6.07 Å². The number of nitrogens with one attached hydrogen (secondary N) is 1. The van der Waals surface area contributed by atoms with E-state index in [0.29, 0.717) is 5.39 Å². The van der Waals surface area contributed by atoms with Crippen LogP contribution < -0.4 is 0 Å². The Hall–Kier alpha value is -1.85. The van der Waals surface area contributed by atoms with Crippen molar-refractivity contribution >= 4 is 16.7 Å². The fourth-order valence-electron chi connectivity index (χ4n) is 1.31. The molecule has 1 N–H and O–H groups in total. The minimum absolute atomic E-state index is 0.111. The van der Waals surface area contributed by atoms with Gasteiger partial charge in [-0.2, -0.15) is 18.3 Å². The molecule has 3 nitrogen and oxygen atoms in total. The van der Waals surface area contributed by atoms with E-state index < -0.39 is 17.5 Å². The molecule has 0 aliphatic rings. The van der Waals surface area contributed by atoms with Crippen molar-refractivity contribution in [3.63, 3.8) is 0 Å². The van der Waals surface area contributed by atoms with E-state index in [1.807, 2.05) is 0 Å². The van der Waals surface area contributed by atoms with Crippen molar-refractivity contribution in [1.82, 2.24) is 10.2 Å². The molecule has 0 bridgehead atoms. The lowest BCUT2D eigenvalue weighted by molar-refractivity contribution is -0.0884. The first-order valence-electron chi connectivity index (χ1n) is 4.04. The fraction of sp³-hybridized carbons (Fsp3) is 0.111. The first-order valence-corrected chi connectivity index (χ1v) is 4.04. The Balaban J connectivity index is 2.62. The summed E-state index contributed by atoms with van der Waals surface area (Å²) in [6.07, 6.45) is -3.50. The van der Waals surface area contributed by atoms with Gasteiger partial charge in [0.2, 0.25) is 0 Å². The molecule has 6 heteroatoms. The predicted molar refractivity (Wildman–Crippen MR) is 46.5 cm³/mol. The fourth-order valence-corrected chi connectivity index (χ4v) is 1.31. The highest BCUT2D eigenvalue weighted by Crippen LogP contribution is 2.25. The molecule has 0 amide bonds. The summed E-state index contributed by atoms with van der Waals surface area (Å²) in [5, 5.41) is 6.43. The Morgan fingerprint density at radius 1 is 1.33 bits per heavy atom. The zero-order chi connectivity index (χ0) is 11.1. The van der Waals surface area contributed by atoms with Gasteiger partial charge in [-0.15, -0.1) is 0 Å². The molecule has 0 fully saturated rings. The van der Waals surface area contributed by atoms with Gasteiger partial charge in [0.25, 0.3) is 5.78 Å². The lowest BCUT2D eigenvalue weighted by Crippen LogP contribution is -2.22. The van der Waals surface area contributed by atoms with Crippen LogP contribution in [0.15, 0.2) is 24.4 Å². The summed E-state index contributed by atoms with van der Waals surface area (Å²) in [4.78, 5) is 11.0. The van der Waals surface area contributed by atoms with Crippen LogP contribution in [0.5, 0.6) is 0 Å². The summed E-state index contributed by atoms with van der Waals surface area (Å²) in [6, 6.07) is 4.08. The lowest BCUT2D eigenvalue weighted by Gasteiger charge is -2.05. The molecule has 0 unspecified atom stereocenters. The highest BCUT2D eigenvalue weighted by Gasteiger charge is 2.40. The van der Waals surface area contributed by atoms with Gasteiger partial charge in [-0.1, -0.05) is 12.1 Å². The Labute approximate surface area is 81.9 Å². The number of H-pyrrole nitrogens is 1. The average molecular weight is 214 g/mol. The lowest BCUT2D eigenvalue weighted by atomic mass is 10.1. The summed E-state index contributed by atoms with van der Waals surface area (Å²) < 4.78 is 36.6. The Kier molecular flexibility index (Phi) is 1.99. The number of benzene rings is 1. The maximum absolute atomic E-state index is 12.2. The Morgan fingerprint density at radius 2 is 2.07 bits per heavy atom. The molecule has 0 aliphatic carbocycles. The van der Waals surface area contributed by atoms with Crippen molar-refractivity contribution in [1.29, 1.82) is 0 Å². The number of rotatable bonds is 1. The molecule has 0 aliphatic heterocycles. The molecular formula is C9H5F3N2O. The van der Waals surface area contributed by atoms with Gasteiger partial charge in [-0.3, -0.25) is 9.89 Å². The number of halogens is 3. The van der Waals surface area contributed by atoms with E-state index in [9.17, 15) is 18.0 Å². The van der Waals surface area contributed by atoms with Crippen LogP contribution >= 0.6 is 0 Å². The molecule has 15 heavy (non-hydrogen) atoms. The largest absolute Gasteiger partial charge is 0.454 e. The van der Waals surface area contributed by atoms with E-state index in [1.54, 1.807) is 6.07 Å². The number of hydrogen-bond donors (Lipinski definition) is 1. The van der Waals surface area contributed by atoms with Gasteiger partial charge in [0.05, 0.1) is 17.3 Å². The van der Waals surface area contributed by atoms with E-state index >= 15 is 0 Å². The number of carbonyl (C=O) groups excluding carboxylic acids is 1. The molecule has 2 aromatic rings. The Bertz CT molecular complexity index is 515. The molecule has 1 heterocycles. The molecule has 0 radical (unpaired) electrons. The normalized spacial score (nSPS) is 11.9. The third-order valence-corrected chi connectivity index (χ3v) is 1.98. The SMILES string of the molecule is O=C(c1cccc2cn[nH]c12)C(F)(F)F. The summed E-state index contributed by atoms with van der Waals surface area (Å²) >= 11 is 0. The first kappa shape index (κ1) is 9.70. The summed E-state index contributed by atoms with van der Waals surface area (Å²) in [7, 11) is 0. The van der Waals surface area contributed by atoms with Crippen molar-refractivity contribution in [2.75, 3.05) is 0 Å². The van der Waals surface area contributed by atoms with Crippen LogP contribution in [0.1, 0.15) is 10.4 Å². The van der Waals surface area contributed by atoms with Gasteiger partial charge < -0.3 is 0 Å². The van der Waals surface area contributed by atoms with E-state index in [0.717, 1.165) is 6.07 Å². The zero-order valence-corrected chi connectivity index (χ0v) is 7.30. The third kappa shape index (κ3) is 1.58. The number of aromatic amines is 1. The van der Waals surface area contributed by atoms with Crippen molar-refractivity contribution < 1.29 is 18.0 Å². The Morgan fingerprint density at radius 3 is 2.73 bits per heavy atom. The molecule has 1 aromatic carbocycles. The van der Waals surface area contributed by atoms with Crippen LogP contribution in [0, 0.1) is 0 Å². The highest BCUT2D eigenvalue weighted by atomic mass is 19.4. The molecule has 0 saturated heterocycles. The van der Waals surface area contributed by atoms with Crippen LogP contribution in [0.3, 0.4) is 0 Å². The van der Waals surface area contributed by atoms with Crippen LogP contribution in [-0.2, 0) is 0 Å². The minimum Gasteiger partial charge on any atom is -0.284 e. The van der Waals surface area contributed by atoms with Crippen LogP contribution in [0.25, 0.3) is 10.9 Å². The number of hydrogen-bond acceptors (Lipinski definition) is 2. The van der Waals surface area contributed by atoms with E-state index in [-0.39, 0.29) is 5.52 Å². The van der Waals surface area contributed by atoms with Crippen LogP contribution in [-0.4, -0.2) is 22.2 Å². The van der Waals surface area contributed by atoms with E-state index in [4.69, 9.17) is 0 Å². The predicted octanol–water partition coefficient (Wildman–Crippen LogP) is 2.31. The number of para-hydroxylation sites is 1. The van der Waals surface area contributed by atoms with Crippen molar-refractivity contribution in [3.8, 4) is 0 Å². The van der Waals surface area contributed by atoms with E-state index in [1.165, 1.54) is 12.3 Å². The second kappa shape index (κ2) is 3.08. The summed E-state index contributed by atoms with van der Waals surface area (Å²) in [5.41, 5.74) is -0.294. The van der Waals surface area contributed by atoms with Crippen molar-refractivity contribution in [2.45, 2.75) is 6.18 Å². The molecule has 2 rings (SSSR count). The van der Waals surface area contributed by atoms with Gasteiger partial charge >= 0.3 is 6.18 Å². The van der Waals surface area contributed by atoms with Crippen LogP contribution in [0.2, 0.25) is 0 Å². The zero-order valence-electron chi connectivity index (χ0n) is 7.30.